The van der Waals surface area contributed by atoms with Gasteiger partial charge in [0.25, 0.3) is 0 Å². The summed E-state index contributed by atoms with van der Waals surface area (Å²) in [6.45, 7) is 2.07. The predicted octanol–water partition coefficient (Wildman–Crippen LogP) is 4.86. The number of anilines is 1. The lowest BCUT2D eigenvalue weighted by atomic mass is 9.97. The zero-order chi connectivity index (χ0) is 20.1. The average Bonchev–Trinajstić information content (AvgIpc) is 2.67. The maximum Gasteiger partial charge on any atom is 0.323 e. The second-order valence-corrected chi connectivity index (χ2v) is 7.13. The lowest BCUT2D eigenvalue weighted by Gasteiger charge is -2.18. The van der Waals surface area contributed by atoms with Crippen molar-refractivity contribution in [3.63, 3.8) is 0 Å². The quantitative estimate of drug-likeness (QED) is 0.548. The van der Waals surface area contributed by atoms with Crippen molar-refractivity contribution in [1.29, 1.82) is 0 Å². The van der Waals surface area contributed by atoms with Crippen molar-refractivity contribution >= 4 is 22.7 Å². The monoisotopic (exact) mass is 378 g/mol. The highest BCUT2D eigenvalue weighted by atomic mass is 16.4. The number of aromatic hydroxyl groups is 1. The van der Waals surface area contributed by atoms with Gasteiger partial charge in [-0.15, -0.1) is 0 Å². The van der Waals surface area contributed by atoms with Crippen molar-refractivity contribution < 1.29 is 15.0 Å². The number of hydrogen-bond donors (Lipinski definition) is 2. The Morgan fingerprint density at radius 3 is 2.50 bits per heavy atom. The summed E-state index contributed by atoms with van der Waals surface area (Å²) in [7, 11) is 1.72. The number of hydrogen-bond acceptors (Lipinski definition) is 4. The van der Waals surface area contributed by atoms with Gasteiger partial charge in [0, 0.05) is 12.4 Å². The number of aromatic nitrogens is 1. The minimum Gasteiger partial charge on any atom is -0.508 e. The van der Waals surface area contributed by atoms with E-state index >= 15 is 0 Å². The number of unbranched alkanes of at least 4 members (excludes halogenated alkanes) is 2. The third-order valence-corrected chi connectivity index (χ3v) is 4.87. The third-order valence-electron chi connectivity index (χ3n) is 4.87. The summed E-state index contributed by atoms with van der Waals surface area (Å²) in [5, 5.41) is 19.8. The van der Waals surface area contributed by atoms with E-state index < -0.39 is 5.97 Å². The molecule has 0 aliphatic rings. The summed E-state index contributed by atoms with van der Waals surface area (Å²) in [5.41, 5.74) is 4.04. The van der Waals surface area contributed by atoms with Gasteiger partial charge in [0.15, 0.2) is 0 Å². The molecule has 2 aromatic carbocycles. The summed E-state index contributed by atoms with van der Waals surface area (Å²) < 4.78 is 0. The third kappa shape index (κ3) is 4.60. The molecule has 0 unspecified atom stereocenters. The van der Waals surface area contributed by atoms with Gasteiger partial charge in [-0.25, -0.2) is 4.98 Å². The number of aryl methyl sites for hydroxylation is 1. The van der Waals surface area contributed by atoms with Crippen molar-refractivity contribution in [3.8, 4) is 16.9 Å². The van der Waals surface area contributed by atoms with E-state index in [2.05, 4.69) is 24.0 Å². The Labute approximate surface area is 165 Å². The highest BCUT2D eigenvalue weighted by molar-refractivity contribution is 5.96. The van der Waals surface area contributed by atoms with Crippen molar-refractivity contribution in [1.82, 2.24) is 4.98 Å². The number of fused-ring (bicyclic) bond motifs is 1. The zero-order valence-corrected chi connectivity index (χ0v) is 16.4. The molecule has 146 valence electrons. The Morgan fingerprint density at radius 1 is 1.07 bits per heavy atom. The molecule has 0 saturated carbocycles. The molecule has 0 fully saturated rings. The van der Waals surface area contributed by atoms with Crippen LogP contribution in [0.5, 0.6) is 5.75 Å². The normalized spacial score (nSPS) is 10.9. The fourth-order valence-electron chi connectivity index (χ4n) is 3.35. The minimum absolute atomic E-state index is 0.122. The van der Waals surface area contributed by atoms with Crippen LogP contribution in [0.15, 0.2) is 48.5 Å². The van der Waals surface area contributed by atoms with Crippen LogP contribution in [0.4, 0.5) is 5.82 Å². The van der Waals surface area contributed by atoms with Crippen molar-refractivity contribution in [2.45, 2.75) is 32.6 Å². The van der Waals surface area contributed by atoms with Gasteiger partial charge in [-0.05, 0) is 59.9 Å². The average molecular weight is 378 g/mol. The lowest BCUT2D eigenvalue weighted by Crippen LogP contribution is -2.26. The maximum absolute atomic E-state index is 11.1. The molecular formula is C23H26N2O3. The minimum atomic E-state index is -0.901. The number of carbonyl (C=O) groups is 1. The number of phenolic OH excluding ortho intramolecular Hbond substituents is 1. The van der Waals surface area contributed by atoms with E-state index in [-0.39, 0.29) is 12.3 Å². The molecule has 28 heavy (non-hydrogen) atoms. The van der Waals surface area contributed by atoms with Gasteiger partial charge in [-0.2, -0.15) is 0 Å². The van der Waals surface area contributed by atoms with Crippen LogP contribution in [-0.2, 0) is 11.2 Å². The van der Waals surface area contributed by atoms with Gasteiger partial charge < -0.3 is 15.1 Å². The van der Waals surface area contributed by atoms with Crippen LogP contribution in [0.3, 0.4) is 0 Å². The molecule has 0 atom stereocenters. The number of pyridine rings is 1. The largest absolute Gasteiger partial charge is 0.508 e. The summed E-state index contributed by atoms with van der Waals surface area (Å²) in [4.78, 5) is 17.4. The summed E-state index contributed by atoms with van der Waals surface area (Å²) in [5.74, 6) is -0.0795. The van der Waals surface area contributed by atoms with E-state index in [0.717, 1.165) is 34.9 Å². The number of benzene rings is 2. The maximum atomic E-state index is 11.1. The van der Waals surface area contributed by atoms with Gasteiger partial charge in [0.05, 0.1) is 5.52 Å². The van der Waals surface area contributed by atoms with E-state index in [1.807, 2.05) is 24.3 Å². The molecule has 0 bridgehead atoms. The summed E-state index contributed by atoms with van der Waals surface area (Å²) in [6, 6.07) is 15.3. The Morgan fingerprint density at radius 2 is 1.82 bits per heavy atom. The molecule has 1 aromatic heterocycles. The van der Waals surface area contributed by atoms with E-state index in [0.29, 0.717) is 5.82 Å². The number of likely N-dealkylation sites (N-methyl/N-ethyl adjacent to an activating group) is 1. The van der Waals surface area contributed by atoms with Crippen LogP contribution < -0.4 is 4.90 Å². The SMILES string of the molecule is CCCCCc1ccc2nc(N(C)CC(=O)O)cc(-c3ccc(O)cc3)c2c1. The van der Waals surface area contributed by atoms with Gasteiger partial charge in [0.2, 0.25) is 0 Å². The second kappa shape index (κ2) is 8.74. The Kier molecular flexibility index (Phi) is 6.14. The Hall–Kier alpha value is -3.08. The van der Waals surface area contributed by atoms with Crippen LogP contribution in [-0.4, -0.2) is 34.8 Å². The Bertz CT molecular complexity index is 967. The second-order valence-electron chi connectivity index (χ2n) is 7.13. The van der Waals surface area contributed by atoms with Crippen LogP contribution >= 0.6 is 0 Å². The molecule has 5 nitrogen and oxygen atoms in total. The molecule has 3 aromatic rings. The van der Waals surface area contributed by atoms with Crippen molar-refractivity contribution in [2.75, 3.05) is 18.5 Å². The molecule has 0 amide bonds. The first-order chi connectivity index (χ1) is 13.5. The van der Waals surface area contributed by atoms with Crippen LogP contribution in [0, 0.1) is 0 Å². The van der Waals surface area contributed by atoms with Crippen LogP contribution in [0.2, 0.25) is 0 Å². The van der Waals surface area contributed by atoms with Gasteiger partial charge >= 0.3 is 5.97 Å². The number of nitrogens with zero attached hydrogens (tertiary/aromatic N) is 2. The molecule has 0 saturated heterocycles. The number of rotatable bonds is 8. The van der Waals surface area contributed by atoms with Crippen LogP contribution in [0.25, 0.3) is 22.0 Å². The smallest absolute Gasteiger partial charge is 0.323 e. The van der Waals surface area contributed by atoms with E-state index in [4.69, 9.17) is 5.11 Å². The van der Waals surface area contributed by atoms with E-state index in [9.17, 15) is 9.90 Å². The van der Waals surface area contributed by atoms with E-state index in [1.165, 1.54) is 18.4 Å². The van der Waals surface area contributed by atoms with Crippen molar-refractivity contribution in [2.24, 2.45) is 0 Å². The summed E-state index contributed by atoms with van der Waals surface area (Å²) in [6.07, 6.45) is 4.58. The van der Waals surface area contributed by atoms with Gasteiger partial charge in [-0.1, -0.05) is 38.0 Å². The predicted molar refractivity (Wildman–Crippen MR) is 113 cm³/mol. The molecule has 0 radical (unpaired) electrons. The first-order valence-corrected chi connectivity index (χ1v) is 9.64. The molecular weight excluding hydrogens is 352 g/mol. The highest BCUT2D eigenvalue weighted by Gasteiger charge is 2.13. The highest BCUT2D eigenvalue weighted by Crippen LogP contribution is 2.33. The molecule has 1 heterocycles. The number of carboxylic acid groups (broad SMARTS) is 1. The lowest BCUT2D eigenvalue weighted by molar-refractivity contribution is -0.135. The first-order valence-electron chi connectivity index (χ1n) is 9.64. The molecule has 2 N–H and O–H groups in total. The van der Waals surface area contributed by atoms with Crippen molar-refractivity contribution in [3.05, 3.63) is 54.1 Å². The molecule has 0 spiro atoms. The fourth-order valence-corrected chi connectivity index (χ4v) is 3.35. The number of phenols is 1. The standard InChI is InChI=1S/C23H26N2O3/c1-3-4-5-6-16-7-12-21-20(13-16)19(17-8-10-18(26)11-9-17)14-22(24-21)25(2)15-23(27)28/h7-14,26H,3-6,15H2,1-2H3,(H,27,28). The number of aliphatic carboxylic acids is 1. The number of carboxylic acids is 1. The zero-order valence-electron chi connectivity index (χ0n) is 16.4. The van der Waals surface area contributed by atoms with E-state index in [1.54, 1.807) is 24.1 Å². The fraction of sp³-hybridized carbons (Fsp3) is 0.304. The molecule has 3 rings (SSSR count). The molecule has 0 aliphatic carbocycles. The Balaban J connectivity index is 2.10. The van der Waals surface area contributed by atoms with Gasteiger partial charge in [-0.3, -0.25) is 4.79 Å². The summed E-state index contributed by atoms with van der Waals surface area (Å²) >= 11 is 0. The first kappa shape index (κ1) is 19.7. The topological polar surface area (TPSA) is 73.7 Å². The van der Waals surface area contributed by atoms with Gasteiger partial charge in [0.1, 0.15) is 18.1 Å². The molecule has 5 heteroatoms. The molecule has 0 aliphatic heterocycles. The van der Waals surface area contributed by atoms with Crippen LogP contribution in [0.1, 0.15) is 31.7 Å².